The zero-order chi connectivity index (χ0) is 10.6. The molecule has 1 rings (SSSR count). The summed E-state index contributed by atoms with van der Waals surface area (Å²) < 4.78 is 24.0. The van der Waals surface area contributed by atoms with Gasteiger partial charge in [0.25, 0.3) is 0 Å². The standard InChI is InChI=1S/C6H13N3O4S/c7-6(10)5-13-8-14(11,12)9-3-1-2-4-9/h8H,1-5H2,(H2,7,10). The second kappa shape index (κ2) is 4.69. The molecule has 14 heavy (non-hydrogen) atoms. The Morgan fingerprint density at radius 1 is 1.43 bits per heavy atom. The lowest BCUT2D eigenvalue weighted by atomic mass is 10.4. The van der Waals surface area contributed by atoms with Gasteiger partial charge in [-0.15, -0.1) is 0 Å². The van der Waals surface area contributed by atoms with Gasteiger partial charge in [0.2, 0.25) is 5.91 Å². The average Bonchev–Trinajstić information content (AvgIpc) is 2.54. The molecule has 0 radical (unpaired) electrons. The van der Waals surface area contributed by atoms with Crippen LogP contribution in [0.15, 0.2) is 0 Å². The van der Waals surface area contributed by atoms with E-state index < -0.39 is 22.7 Å². The second-order valence-corrected chi connectivity index (χ2v) is 4.58. The van der Waals surface area contributed by atoms with Crippen LogP contribution in [0.1, 0.15) is 12.8 Å². The molecule has 1 aliphatic heterocycles. The number of rotatable bonds is 5. The lowest BCUT2D eigenvalue weighted by Gasteiger charge is -2.14. The van der Waals surface area contributed by atoms with Crippen molar-refractivity contribution >= 4 is 16.1 Å². The number of nitrogens with zero attached hydrogens (tertiary/aromatic N) is 1. The predicted octanol–water partition coefficient (Wildman–Crippen LogP) is -1.67. The monoisotopic (exact) mass is 223 g/mol. The highest BCUT2D eigenvalue weighted by atomic mass is 32.2. The van der Waals surface area contributed by atoms with Crippen LogP contribution in [0.4, 0.5) is 0 Å². The Morgan fingerprint density at radius 2 is 2.00 bits per heavy atom. The van der Waals surface area contributed by atoms with E-state index in [4.69, 9.17) is 5.73 Å². The Labute approximate surface area is 82.3 Å². The molecular weight excluding hydrogens is 210 g/mol. The second-order valence-electron chi connectivity index (χ2n) is 2.95. The van der Waals surface area contributed by atoms with Crippen LogP contribution in [0.3, 0.4) is 0 Å². The first kappa shape index (κ1) is 11.4. The van der Waals surface area contributed by atoms with Crippen molar-refractivity contribution in [2.45, 2.75) is 12.8 Å². The lowest BCUT2D eigenvalue weighted by molar-refractivity contribution is -0.123. The molecule has 8 heteroatoms. The van der Waals surface area contributed by atoms with E-state index in [1.54, 1.807) is 0 Å². The topological polar surface area (TPSA) is 102 Å². The lowest BCUT2D eigenvalue weighted by Crippen LogP contribution is -2.40. The zero-order valence-electron chi connectivity index (χ0n) is 7.60. The van der Waals surface area contributed by atoms with Crippen molar-refractivity contribution in [1.29, 1.82) is 0 Å². The SMILES string of the molecule is NC(=O)CONS(=O)(=O)N1CCCC1. The molecule has 0 aliphatic carbocycles. The van der Waals surface area contributed by atoms with Crippen molar-refractivity contribution < 1.29 is 18.0 Å². The summed E-state index contributed by atoms with van der Waals surface area (Å²) in [4.78, 5) is 16.5. The number of hydrogen-bond donors (Lipinski definition) is 2. The van der Waals surface area contributed by atoms with Gasteiger partial charge >= 0.3 is 10.2 Å². The number of amides is 1. The smallest absolute Gasteiger partial charge is 0.301 e. The first-order valence-corrected chi connectivity index (χ1v) is 5.63. The van der Waals surface area contributed by atoms with E-state index in [1.807, 2.05) is 4.89 Å². The van der Waals surface area contributed by atoms with Gasteiger partial charge in [-0.25, -0.2) is 0 Å². The van der Waals surface area contributed by atoms with E-state index in [9.17, 15) is 13.2 Å². The van der Waals surface area contributed by atoms with Crippen molar-refractivity contribution in [3.63, 3.8) is 0 Å². The quantitative estimate of drug-likeness (QED) is 0.544. The molecule has 1 saturated heterocycles. The maximum Gasteiger partial charge on any atom is 0.301 e. The first-order valence-electron chi connectivity index (χ1n) is 4.19. The molecule has 0 spiro atoms. The van der Waals surface area contributed by atoms with Gasteiger partial charge in [0.15, 0.2) is 0 Å². The third-order valence-corrected chi connectivity index (χ3v) is 3.16. The molecule has 1 aliphatic rings. The van der Waals surface area contributed by atoms with E-state index in [-0.39, 0.29) is 0 Å². The fourth-order valence-corrected chi connectivity index (χ4v) is 2.21. The van der Waals surface area contributed by atoms with Crippen molar-refractivity contribution in [2.24, 2.45) is 5.73 Å². The maximum absolute atomic E-state index is 11.4. The summed E-state index contributed by atoms with van der Waals surface area (Å²) in [5.41, 5.74) is 4.76. The Balaban J connectivity index is 2.37. The van der Waals surface area contributed by atoms with Crippen LogP contribution in [0, 0.1) is 0 Å². The predicted molar refractivity (Wildman–Crippen MR) is 48.0 cm³/mol. The zero-order valence-corrected chi connectivity index (χ0v) is 8.42. The van der Waals surface area contributed by atoms with Gasteiger partial charge in [0.1, 0.15) is 6.61 Å². The van der Waals surface area contributed by atoms with Gasteiger partial charge in [-0.05, 0) is 12.8 Å². The molecule has 82 valence electrons. The van der Waals surface area contributed by atoms with Gasteiger partial charge in [-0.2, -0.15) is 12.7 Å². The van der Waals surface area contributed by atoms with Gasteiger partial charge in [-0.3, -0.25) is 9.63 Å². The van der Waals surface area contributed by atoms with Crippen LogP contribution >= 0.6 is 0 Å². The van der Waals surface area contributed by atoms with E-state index >= 15 is 0 Å². The highest BCUT2D eigenvalue weighted by Crippen LogP contribution is 2.10. The van der Waals surface area contributed by atoms with Crippen molar-refractivity contribution in [2.75, 3.05) is 19.7 Å². The van der Waals surface area contributed by atoms with Crippen LogP contribution < -0.4 is 10.6 Å². The Morgan fingerprint density at radius 3 is 2.50 bits per heavy atom. The van der Waals surface area contributed by atoms with Gasteiger partial charge in [0.05, 0.1) is 0 Å². The molecule has 3 N–H and O–H groups in total. The van der Waals surface area contributed by atoms with Gasteiger partial charge in [-0.1, -0.05) is 4.89 Å². The molecule has 0 saturated carbocycles. The molecule has 0 atom stereocenters. The minimum Gasteiger partial charge on any atom is -0.368 e. The maximum atomic E-state index is 11.4. The van der Waals surface area contributed by atoms with Crippen LogP contribution in [-0.2, 0) is 19.8 Å². The number of nitrogens with one attached hydrogen (secondary N) is 1. The van der Waals surface area contributed by atoms with Crippen LogP contribution in [-0.4, -0.2) is 38.3 Å². The largest absolute Gasteiger partial charge is 0.368 e. The summed E-state index contributed by atoms with van der Waals surface area (Å²) in [5, 5.41) is 0. The molecule has 0 aromatic carbocycles. The van der Waals surface area contributed by atoms with Crippen molar-refractivity contribution in [3.05, 3.63) is 0 Å². The number of carbonyl (C=O) groups is 1. The van der Waals surface area contributed by atoms with Crippen LogP contribution in [0.2, 0.25) is 0 Å². The minimum absolute atomic E-state index is 0.465. The van der Waals surface area contributed by atoms with E-state index in [2.05, 4.69) is 4.84 Å². The molecular formula is C6H13N3O4S. The summed E-state index contributed by atoms with van der Waals surface area (Å²) in [5.74, 6) is -0.728. The average molecular weight is 223 g/mol. The summed E-state index contributed by atoms with van der Waals surface area (Å²) in [7, 11) is -3.60. The highest BCUT2D eigenvalue weighted by Gasteiger charge is 2.25. The summed E-state index contributed by atoms with van der Waals surface area (Å²) in [6.07, 6.45) is 1.69. The molecule has 0 bridgehead atoms. The number of carbonyl (C=O) groups excluding carboxylic acids is 1. The van der Waals surface area contributed by atoms with Crippen molar-refractivity contribution in [3.8, 4) is 0 Å². The fraction of sp³-hybridized carbons (Fsp3) is 0.833. The number of primary amides is 1. The summed E-state index contributed by atoms with van der Waals surface area (Å²) in [6, 6.07) is 0. The molecule has 0 aromatic rings. The van der Waals surface area contributed by atoms with Crippen LogP contribution in [0.5, 0.6) is 0 Å². The fourth-order valence-electron chi connectivity index (χ4n) is 1.16. The van der Waals surface area contributed by atoms with Gasteiger partial charge < -0.3 is 5.73 Å². The number of hydrogen-bond acceptors (Lipinski definition) is 4. The molecule has 1 heterocycles. The Bertz CT molecular complexity index is 296. The molecule has 7 nitrogen and oxygen atoms in total. The van der Waals surface area contributed by atoms with E-state index in [0.29, 0.717) is 13.1 Å². The Kier molecular flexibility index (Phi) is 3.81. The van der Waals surface area contributed by atoms with Crippen LogP contribution in [0.25, 0.3) is 0 Å². The summed E-state index contributed by atoms with van der Waals surface area (Å²) in [6.45, 7) is 0.498. The molecule has 0 aromatic heterocycles. The summed E-state index contributed by atoms with van der Waals surface area (Å²) >= 11 is 0. The number of nitrogens with two attached hydrogens (primary N) is 1. The molecule has 1 fully saturated rings. The van der Waals surface area contributed by atoms with E-state index in [0.717, 1.165) is 12.8 Å². The molecule has 1 amide bonds. The minimum atomic E-state index is -3.60. The highest BCUT2D eigenvalue weighted by molar-refractivity contribution is 7.87. The molecule has 0 unspecified atom stereocenters. The normalized spacial score (nSPS) is 18.6. The third kappa shape index (κ3) is 3.22. The van der Waals surface area contributed by atoms with Gasteiger partial charge in [0, 0.05) is 13.1 Å². The Hall–Kier alpha value is -0.700. The third-order valence-electron chi connectivity index (χ3n) is 1.78. The van der Waals surface area contributed by atoms with Crippen molar-refractivity contribution in [1.82, 2.24) is 9.19 Å². The first-order chi connectivity index (χ1) is 6.52. The van der Waals surface area contributed by atoms with E-state index in [1.165, 1.54) is 4.31 Å².